The zero-order valence-corrected chi connectivity index (χ0v) is 19.5. The van der Waals surface area contributed by atoms with Gasteiger partial charge in [0, 0.05) is 0 Å². The van der Waals surface area contributed by atoms with Crippen molar-refractivity contribution in [1.29, 1.82) is 0 Å². The predicted octanol–water partition coefficient (Wildman–Crippen LogP) is -0.691. The number of carbonyl (C=O) groups excluding carboxylic acids is 5. The molecule has 12 heteroatoms. The number of ether oxygens (including phenoxy) is 2. The van der Waals surface area contributed by atoms with Crippen LogP contribution in [0.1, 0.15) is 53.4 Å². The topological polar surface area (TPSA) is 178 Å². The molecule has 0 aliphatic heterocycles. The van der Waals surface area contributed by atoms with Crippen LogP contribution in [0.2, 0.25) is 0 Å². The highest BCUT2D eigenvalue weighted by atomic mass is 16.6. The molecular weight excluding hydrogens is 422 g/mol. The lowest BCUT2D eigenvalue weighted by Crippen LogP contribution is -2.53. The van der Waals surface area contributed by atoms with Gasteiger partial charge in [0.2, 0.25) is 17.7 Å². The van der Waals surface area contributed by atoms with E-state index in [4.69, 9.17) is 15.2 Å². The Hall–Kier alpha value is -2.89. The third kappa shape index (κ3) is 13.4. The summed E-state index contributed by atoms with van der Waals surface area (Å²) in [5, 5.41) is 9.68. The number of carbonyl (C=O) groups is 5. The summed E-state index contributed by atoms with van der Waals surface area (Å²) >= 11 is 0. The van der Waals surface area contributed by atoms with Crippen LogP contribution in [0.4, 0.5) is 4.79 Å². The van der Waals surface area contributed by atoms with Gasteiger partial charge in [-0.25, -0.2) is 9.59 Å². The van der Waals surface area contributed by atoms with Gasteiger partial charge in [0.25, 0.3) is 0 Å². The number of nitrogens with one attached hydrogen (secondary N) is 4. The Morgan fingerprint density at radius 1 is 0.906 bits per heavy atom. The maximum Gasteiger partial charge on any atom is 0.408 e. The van der Waals surface area contributed by atoms with Crippen molar-refractivity contribution < 1.29 is 33.4 Å². The summed E-state index contributed by atoms with van der Waals surface area (Å²) in [6, 6.07) is -1.75. The predicted molar refractivity (Wildman–Crippen MR) is 116 cm³/mol. The molecule has 32 heavy (non-hydrogen) atoms. The van der Waals surface area contributed by atoms with Crippen LogP contribution in [-0.2, 0) is 28.7 Å². The minimum absolute atomic E-state index is 0.266. The van der Waals surface area contributed by atoms with Gasteiger partial charge >= 0.3 is 12.1 Å². The number of methoxy groups -OCH3 is 1. The van der Waals surface area contributed by atoms with Crippen molar-refractivity contribution in [2.75, 3.05) is 26.7 Å². The van der Waals surface area contributed by atoms with Crippen LogP contribution in [0.5, 0.6) is 0 Å². The Kier molecular flexibility index (Phi) is 13.6. The van der Waals surface area contributed by atoms with Crippen LogP contribution in [-0.4, -0.2) is 74.2 Å². The van der Waals surface area contributed by atoms with E-state index in [0.29, 0.717) is 25.8 Å². The highest BCUT2D eigenvalue weighted by Gasteiger charge is 2.26. The second-order valence-electron chi connectivity index (χ2n) is 8.03. The average molecular weight is 460 g/mol. The first kappa shape index (κ1) is 29.1. The van der Waals surface area contributed by atoms with E-state index in [2.05, 4.69) is 21.3 Å². The van der Waals surface area contributed by atoms with E-state index < -0.39 is 54.0 Å². The normalized spacial score (nSPS) is 12.7. The second kappa shape index (κ2) is 15.0. The number of hydrogen-bond donors (Lipinski definition) is 5. The van der Waals surface area contributed by atoms with Gasteiger partial charge in [-0.2, -0.15) is 0 Å². The summed E-state index contributed by atoms with van der Waals surface area (Å²) in [6.07, 6.45) is 1.19. The van der Waals surface area contributed by atoms with E-state index in [-0.39, 0.29) is 13.0 Å². The molecular formula is C20H37N5O7. The summed E-state index contributed by atoms with van der Waals surface area (Å²) in [4.78, 5) is 59.8. The standard InChI is InChI=1S/C20H37N5O7/c1-6-13(17(28)25-14(18(29)31-5)9-7-8-10-21)24-16(27)12-22-15(26)11-23-19(30)32-20(2,3)4/h13-14H,6-12,21H2,1-5H3,(H,22,26)(H,23,30)(H,24,27)(H,25,28)/t13?,14-/m0/s1. The minimum atomic E-state index is -0.902. The van der Waals surface area contributed by atoms with Crippen LogP contribution in [0, 0.1) is 0 Å². The first-order valence-corrected chi connectivity index (χ1v) is 10.5. The SMILES string of the molecule is CCC(NC(=O)CNC(=O)CNC(=O)OC(C)(C)C)C(=O)N[C@@H](CCCCN)C(=O)OC. The van der Waals surface area contributed by atoms with E-state index in [0.717, 1.165) is 0 Å². The van der Waals surface area contributed by atoms with Gasteiger partial charge in [0.15, 0.2) is 0 Å². The zero-order valence-electron chi connectivity index (χ0n) is 19.5. The summed E-state index contributed by atoms with van der Waals surface area (Å²) in [6.45, 7) is 6.45. The Morgan fingerprint density at radius 2 is 1.53 bits per heavy atom. The fourth-order valence-corrected chi connectivity index (χ4v) is 2.46. The highest BCUT2D eigenvalue weighted by Crippen LogP contribution is 2.06. The van der Waals surface area contributed by atoms with Crippen LogP contribution >= 0.6 is 0 Å². The number of amides is 4. The van der Waals surface area contributed by atoms with Gasteiger partial charge in [-0.05, 0) is 53.0 Å². The quantitative estimate of drug-likeness (QED) is 0.177. The molecule has 4 amide bonds. The molecule has 0 heterocycles. The molecule has 6 N–H and O–H groups in total. The van der Waals surface area contributed by atoms with Crippen molar-refractivity contribution in [3.05, 3.63) is 0 Å². The molecule has 0 saturated carbocycles. The molecule has 0 fully saturated rings. The molecule has 0 aromatic carbocycles. The molecule has 0 radical (unpaired) electrons. The van der Waals surface area contributed by atoms with Gasteiger partial charge in [0.05, 0.1) is 13.7 Å². The number of hydrogen-bond acceptors (Lipinski definition) is 8. The Labute approximate surface area is 188 Å². The Morgan fingerprint density at radius 3 is 2.06 bits per heavy atom. The van der Waals surface area contributed by atoms with Crippen LogP contribution in [0.3, 0.4) is 0 Å². The molecule has 12 nitrogen and oxygen atoms in total. The van der Waals surface area contributed by atoms with E-state index in [9.17, 15) is 24.0 Å². The van der Waals surface area contributed by atoms with E-state index >= 15 is 0 Å². The molecule has 0 saturated heterocycles. The van der Waals surface area contributed by atoms with Gasteiger partial charge in [-0.3, -0.25) is 14.4 Å². The minimum Gasteiger partial charge on any atom is -0.467 e. The highest BCUT2D eigenvalue weighted by molar-refractivity contribution is 5.92. The maximum absolute atomic E-state index is 12.5. The molecule has 0 rings (SSSR count). The molecule has 2 atom stereocenters. The molecule has 0 aromatic rings. The zero-order chi connectivity index (χ0) is 24.7. The second-order valence-corrected chi connectivity index (χ2v) is 8.03. The van der Waals surface area contributed by atoms with E-state index in [1.165, 1.54) is 7.11 Å². The van der Waals surface area contributed by atoms with Gasteiger partial charge in [-0.1, -0.05) is 6.92 Å². The van der Waals surface area contributed by atoms with Crippen molar-refractivity contribution in [1.82, 2.24) is 21.3 Å². The lowest BCUT2D eigenvalue weighted by molar-refractivity contribution is -0.145. The molecule has 0 aromatic heterocycles. The van der Waals surface area contributed by atoms with Crippen LogP contribution in [0.15, 0.2) is 0 Å². The Balaban J connectivity index is 4.55. The molecule has 0 spiro atoms. The monoisotopic (exact) mass is 459 g/mol. The number of nitrogens with two attached hydrogens (primary N) is 1. The third-order valence-electron chi connectivity index (χ3n) is 4.05. The lowest BCUT2D eigenvalue weighted by Gasteiger charge is -2.21. The molecule has 1 unspecified atom stereocenters. The summed E-state index contributed by atoms with van der Waals surface area (Å²) in [7, 11) is 1.23. The molecule has 0 aliphatic rings. The van der Waals surface area contributed by atoms with Crippen LogP contribution in [0.25, 0.3) is 0 Å². The first-order chi connectivity index (χ1) is 14.9. The summed E-state index contributed by atoms with van der Waals surface area (Å²) in [5.41, 5.74) is 4.75. The third-order valence-corrected chi connectivity index (χ3v) is 4.05. The first-order valence-electron chi connectivity index (χ1n) is 10.5. The van der Waals surface area contributed by atoms with E-state index in [1.807, 2.05) is 0 Å². The fourth-order valence-electron chi connectivity index (χ4n) is 2.46. The van der Waals surface area contributed by atoms with Crippen molar-refractivity contribution in [2.45, 2.75) is 71.1 Å². The largest absolute Gasteiger partial charge is 0.467 e. The number of alkyl carbamates (subject to hydrolysis) is 1. The van der Waals surface area contributed by atoms with Gasteiger partial charge in [0.1, 0.15) is 24.2 Å². The number of rotatable bonds is 13. The maximum atomic E-state index is 12.5. The molecule has 0 bridgehead atoms. The number of esters is 1. The smallest absolute Gasteiger partial charge is 0.408 e. The fraction of sp³-hybridized carbons (Fsp3) is 0.750. The van der Waals surface area contributed by atoms with Gasteiger partial charge in [-0.15, -0.1) is 0 Å². The van der Waals surface area contributed by atoms with E-state index in [1.54, 1.807) is 27.7 Å². The van der Waals surface area contributed by atoms with Crippen molar-refractivity contribution in [3.8, 4) is 0 Å². The number of unbranched alkanes of at least 4 members (excludes halogenated alkanes) is 1. The van der Waals surface area contributed by atoms with Crippen molar-refractivity contribution in [2.24, 2.45) is 5.73 Å². The summed E-state index contributed by atoms with van der Waals surface area (Å²) in [5.74, 6) is -2.33. The van der Waals surface area contributed by atoms with Gasteiger partial charge < -0.3 is 36.5 Å². The lowest BCUT2D eigenvalue weighted by atomic mass is 10.1. The van der Waals surface area contributed by atoms with Crippen LogP contribution < -0.4 is 27.0 Å². The van der Waals surface area contributed by atoms with Crippen molar-refractivity contribution >= 4 is 29.8 Å². The van der Waals surface area contributed by atoms with Crippen molar-refractivity contribution in [3.63, 3.8) is 0 Å². The summed E-state index contributed by atoms with van der Waals surface area (Å²) < 4.78 is 9.71. The Bertz CT molecular complexity index is 649. The molecule has 184 valence electrons. The molecule has 0 aliphatic carbocycles. The average Bonchev–Trinajstić information content (AvgIpc) is 2.71.